The number of hydrogen-bond donors (Lipinski definition) is 3. The van der Waals surface area contributed by atoms with E-state index in [0.29, 0.717) is 12.8 Å². The van der Waals surface area contributed by atoms with E-state index in [1.165, 1.54) is 7.11 Å². The fraction of sp³-hybridized carbons (Fsp3) is 0.857. The van der Waals surface area contributed by atoms with Gasteiger partial charge in [-0.25, -0.2) is 0 Å². The summed E-state index contributed by atoms with van der Waals surface area (Å²) in [6.07, 6.45) is 11.7. The second-order valence-electron chi connectivity index (χ2n) is 7.59. The molecule has 0 bridgehead atoms. The Hall–Kier alpha value is -0.910. The van der Waals surface area contributed by atoms with E-state index in [2.05, 4.69) is 11.7 Å². The lowest BCUT2D eigenvalue weighted by molar-refractivity contribution is -0.140. The van der Waals surface area contributed by atoms with Gasteiger partial charge in [0.15, 0.2) is 0 Å². The topological polar surface area (TPSA) is 87.0 Å². The van der Waals surface area contributed by atoms with Gasteiger partial charge >= 0.3 is 5.97 Å². The molecule has 1 saturated carbocycles. The van der Waals surface area contributed by atoms with Crippen LogP contribution in [0.25, 0.3) is 0 Å². The van der Waals surface area contributed by atoms with Crippen LogP contribution in [-0.4, -0.2) is 46.7 Å². The minimum Gasteiger partial charge on any atom is -0.469 e. The molecule has 0 aromatic carbocycles. The molecule has 0 aromatic heterocycles. The molecule has 0 amide bonds. The number of ether oxygens (including phenoxy) is 1. The minimum absolute atomic E-state index is 0.0460. The summed E-state index contributed by atoms with van der Waals surface area (Å²) in [5.74, 6) is -0.201. The third-order valence-electron chi connectivity index (χ3n) is 5.47. The standard InChI is InChI=1S/C21H38O5/c1-3-4-7-10-16(22)13-14-18-17(19(23)15-20(18)24)11-8-5-6-9-12-21(25)26-2/h13-14,16-20,22-24H,3-12,15H2,1-2H3/b14-13+/t16-,17-,18+,19-,20+/m0/s1. The third kappa shape index (κ3) is 8.65. The first-order chi connectivity index (χ1) is 12.5. The maximum Gasteiger partial charge on any atom is 0.305 e. The molecule has 0 heterocycles. The molecule has 1 aliphatic carbocycles. The summed E-state index contributed by atoms with van der Waals surface area (Å²) in [6, 6.07) is 0. The number of unbranched alkanes of at least 4 members (excludes halogenated alkanes) is 5. The lowest BCUT2D eigenvalue weighted by Gasteiger charge is -2.21. The zero-order chi connectivity index (χ0) is 19.4. The van der Waals surface area contributed by atoms with Crippen molar-refractivity contribution in [3.8, 4) is 0 Å². The Labute approximate surface area is 158 Å². The average molecular weight is 371 g/mol. The molecule has 1 rings (SSSR count). The summed E-state index contributed by atoms with van der Waals surface area (Å²) in [4.78, 5) is 11.1. The summed E-state index contributed by atoms with van der Waals surface area (Å²) in [5.41, 5.74) is 0. The Kier molecular flexibility index (Phi) is 11.8. The van der Waals surface area contributed by atoms with Crippen LogP contribution < -0.4 is 0 Å². The van der Waals surface area contributed by atoms with Crippen molar-refractivity contribution in [2.75, 3.05) is 7.11 Å². The first-order valence-corrected chi connectivity index (χ1v) is 10.3. The van der Waals surface area contributed by atoms with Gasteiger partial charge in [0.25, 0.3) is 0 Å². The van der Waals surface area contributed by atoms with Crippen molar-refractivity contribution in [2.45, 2.75) is 95.9 Å². The molecular formula is C21H38O5. The second-order valence-corrected chi connectivity index (χ2v) is 7.59. The van der Waals surface area contributed by atoms with Gasteiger partial charge in [-0.1, -0.05) is 57.6 Å². The van der Waals surface area contributed by atoms with Crippen molar-refractivity contribution in [2.24, 2.45) is 11.8 Å². The second kappa shape index (κ2) is 13.3. The van der Waals surface area contributed by atoms with Crippen molar-refractivity contribution in [3.05, 3.63) is 12.2 Å². The van der Waals surface area contributed by atoms with Crippen LogP contribution in [0.1, 0.15) is 77.6 Å². The number of carbonyl (C=O) groups is 1. The van der Waals surface area contributed by atoms with Crippen LogP contribution in [0.4, 0.5) is 0 Å². The molecule has 1 aliphatic rings. The van der Waals surface area contributed by atoms with Gasteiger partial charge in [0, 0.05) is 18.8 Å². The molecule has 0 radical (unpaired) electrons. The first kappa shape index (κ1) is 23.1. The van der Waals surface area contributed by atoms with E-state index in [-0.39, 0.29) is 17.8 Å². The Bertz CT molecular complexity index is 409. The number of rotatable bonds is 13. The molecule has 0 unspecified atom stereocenters. The third-order valence-corrected chi connectivity index (χ3v) is 5.47. The molecule has 1 fully saturated rings. The maximum atomic E-state index is 11.1. The van der Waals surface area contributed by atoms with Crippen molar-refractivity contribution in [1.29, 1.82) is 0 Å². The number of esters is 1. The smallest absolute Gasteiger partial charge is 0.305 e. The number of methoxy groups -OCH3 is 1. The predicted molar refractivity (Wildman–Crippen MR) is 103 cm³/mol. The van der Waals surface area contributed by atoms with E-state index in [4.69, 9.17) is 0 Å². The van der Waals surface area contributed by atoms with Crippen molar-refractivity contribution >= 4 is 5.97 Å². The zero-order valence-corrected chi connectivity index (χ0v) is 16.5. The molecular weight excluding hydrogens is 332 g/mol. The van der Waals surface area contributed by atoms with Gasteiger partial charge in [-0.05, 0) is 25.2 Å². The Morgan fingerprint density at radius 2 is 1.85 bits per heavy atom. The average Bonchev–Trinajstić information content (AvgIpc) is 2.89. The maximum absolute atomic E-state index is 11.1. The first-order valence-electron chi connectivity index (χ1n) is 10.3. The highest BCUT2D eigenvalue weighted by Gasteiger charge is 2.39. The predicted octanol–water partition coefficient (Wildman–Crippen LogP) is 3.36. The molecule has 5 heteroatoms. The van der Waals surface area contributed by atoms with E-state index in [1.807, 2.05) is 6.08 Å². The Morgan fingerprint density at radius 3 is 2.54 bits per heavy atom. The number of carbonyl (C=O) groups excluding carboxylic acids is 1. The lowest BCUT2D eigenvalue weighted by atomic mass is 9.88. The van der Waals surface area contributed by atoms with Crippen LogP contribution in [0.15, 0.2) is 12.2 Å². The summed E-state index contributed by atoms with van der Waals surface area (Å²) in [7, 11) is 1.41. The molecule has 5 nitrogen and oxygen atoms in total. The molecule has 152 valence electrons. The SMILES string of the molecule is CCCCC[C@H](O)/C=C/[C@@H]1[C@H](CCCCCCC(=O)OC)[C@@H](O)C[C@H]1O. The van der Waals surface area contributed by atoms with E-state index in [9.17, 15) is 20.1 Å². The van der Waals surface area contributed by atoms with Crippen LogP contribution in [-0.2, 0) is 9.53 Å². The van der Waals surface area contributed by atoms with Gasteiger partial charge in [-0.15, -0.1) is 0 Å². The zero-order valence-electron chi connectivity index (χ0n) is 16.5. The summed E-state index contributed by atoms with van der Waals surface area (Å²) in [6.45, 7) is 2.14. The van der Waals surface area contributed by atoms with Crippen LogP contribution in [0.5, 0.6) is 0 Å². The quantitative estimate of drug-likeness (QED) is 0.263. The number of aliphatic hydroxyl groups is 3. The lowest BCUT2D eigenvalue weighted by Crippen LogP contribution is -2.21. The molecule has 3 N–H and O–H groups in total. The highest BCUT2D eigenvalue weighted by Crippen LogP contribution is 2.37. The highest BCUT2D eigenvalue weighted by molar-refractivity contribution is 5.68. The molecule has 0 spiro atoms. The molecule has 0 aliphatic heterocycles. The van der Waals surface area contributed by atoms with E-state index in [0.717, 1.165) is 57.8 Å². The normalized spacial score (nSPS) is 27.1. The fourth-order valence-corrected chi connectivity index (χ4v) is 3.84. The van der Waals surface area contributed by atoms with Gasteiger partial charge in [0.05, 0.1) is 25.4 Å². The molecule has 5 atom stereocenters. The highest BCUT2D eigenvalue weighted by atomic mass is 16.5. The Morgan fingerprint density at radius 1 is 1.12 bits per heavy atom. The van der Waals surface area contributed by atoms with Gasteiger partial charge in [-0.2, -0.15) is 0 Å². The van der Waals surface area contributed by atoms with Crippen LogP contribution >= 0.6 is 0 Å². The van der Waals surface area contributed by atoms with Gasteiger partial charge in [0.1, 0.15) is 0 Å². The van der Waals surface area contributed by atoms with E-state index < -0.39 is 18.3 Å². The van der Waals surface area contributed by atoms with Gasteiger partial charge < -0.3 is 20.1 Å². The molecule has 0 saturated heterocycles. The molecule has 0 aromatic rings. The number of hydrogen-bond acceptors (Lipinski definition) is 5. The monoisotopic (exact) mass is 370 g/mol. The summed E-state index contributed by atoms with van der Waals surface area (Å²) in [5, 5.41) is 30.5. The van der Waals surface area contributed by atoms with Crippen LogP contribution in [0.2, 0.25) is 0 Å². The van der Waals surface area contributed by atoms with Gasteiger partial charge in [-0.3, -0.25) is 4.79 Å². The summed E-state index contributed by atoms with van der Waals surface area (Å²) < 4.78 is 4.63. The van der Waals surface area contributed by atoms with Gasteiger partial charge in [0.2, 0.25) is 0 Å². The van der Waals surface area contributed by atoms with E-state index >= 15 is 0 Å². The Balaban J connectivity index is 2.35. The molecule has 26 heavy (non-hydrogen) atoms. The largest absolute Gasteiger partial charge is 0.469 e. The fourth-order valence-electron chi connectivity index (χ4n) is 3.84. The van der Waals surface area contributed by atoms with Crippen molar-refractivity contribution in [3.63, 3.8) is 0 Å². The minimum atomic E-state index is -0.534. The number of aliphatic hydroxyl groups excluding tert-OH is 3. The van der Waals surface area contributed by atoms with Crippen LogP contribution in [0, 0.1) is 11.8 Å². The van der Waals surface area contributed by atoms with Crippen molar-refractivity contribution < 1.29 is 24.9 Å². The van der Waals surface area contributed by atoms with E-state index in [1.54, 1.807) is 6.08 Å². The van der Waals surface area contributed by atoms with Crippen molar-refractivity contribution in [1.82, 2.24) is 0 Å². The van der Waals surface area contributed by atoms with Crippen LogP contribution in [0.3, 0.4) is 0 Å². The summed E-state index contributed by atoms with van der Waals surface area (Å²) >= 11 is 0.